The Morgan fingerprint density at radius 2 is 2.11 bits per heavy atom. The zero-order chi connectivity index (χ0) is 18.8. The van der Waals surface area contributed by atoms with Gasteiger partial charge < -0.3 is 4.90 Å². The third-order valence-corrected chi connectivity index (χ3v) is 5.74. The van der Waals surface area contributed by atoms with Gasteiger partial charge in [0.25, 0.3) is 0 Å². The van der Waals surface area contributed by atoms with E-state index in [1.54, 1.807) is 17.5 Å². The average Bonchev–Trinajstić information content (AvgIpc) is 3.04. The van der Waals surface area contributed by atoms with Crippen LogP contribution in [0.5, 0.6) is 0 Å². The van der Waals surface area contributed by atoms with Crippen LogP contribution >= 0.6 is 11.3 Å². The summed E-state index contributed by atoms with van der Waals surface area (Å²) in [4.78, 5) is 23.4. The number of aromatic nitrogens is 2. The number of amides is 1. The molecule has 0 bridgehead atoms. The zero-order valence-electron chi connectivity index (χ0n) is 15.7. The first-order chi connectivity index (χ1) is 13.1. The fourth-order valence-electron chi connectivity index (χ4n) is 3.63. The molecule has 3 heterocycles. The fourth-order valence-corrected chi connectivity index (χ4v) is 4.47. The van der Waals surface area contributed by atoms with Crippen LogP contribution in [0.25, 0.3) is 11.3 Å². The zero-order valence-corrected chi connectivity index (χ0v) is 16.5. The molecule has 0 fully saturated rings. The van der Waals surface area contributed by atoms with Gasteiger partial charge in [0.15, 0.2) is 0 Å². The molecule has 4 nitrogen and oxygen atoms in total. The van der Waals surface area contributed by atoms with Crippen molar-refractivity contribution in [3.63, 3.8) is 0 Å². The molecule has 1 aromatic carbocycles. The Morgan fingerprint density at radius 1 is 1.22 bits per heavy atom. The molecule has 3 aromatic rings. The molecule has 2 aromatic heterocycles. The van der Waals surface area contributed by atoms with Crippen molar-refractivity contribution in [2.24, 2.45) is 0 Å². The number of thiazole rings is 1. The highest BCUT2D eigenvalue weighted by Crippen LogP contribution is 2.33. The third-order valence-electron chi connectivity index (χ3n) is 4.89. The molecule has 138 valence electrons. The molecule has 5 heteroatoms. The number of pyridine rings is 1. The maximum atomic E-state index is 12.5. The summed E-state index contributed by atoms with van der Waals surface area (Å²) in [5.41, 5.74) is 5.61. The predicted octanol–water partition coefficient (Wildman–Crippen LogP) is 4.87. The van der Waals surface area contributed by atoms with E-state index in [9.17, 15) is 4.79 Å². The van der Waals surface area contributed by atoms with E-state index in [-0.39, 0.29) is 11.9 Å². The summed E-state index contributed by atoms with van der Waals surface area (Å²) >= 11 is 1.68. The number of aryl methyl sites for hydroxylation is 1. The molecular weight excluding hydrogens is 354 g/mol. The predicted molar refractivity (Wildman–Crippen MR) is 110 cm³/mol. The van der Waals surface area contributed by atoms with Gasteiger partial charge in [-0.2, -0.15) is 0 Å². The summed E-state index contributed by atoms with van der Waals surface area (Å²) < 4.78 is 0. The van der Waals surface area contributed by atoms with Gasteiger partial charge in [-0.3, -0.25) is 9.78 Å². The van der Waals surface area contributed by atoms with Gasteiger partial charge in [0.1, 0.15) is 0 Å². The van der Waals surface area contributed by atoms with Gasteiger partial charge in [0.2, 0.25) is 5.91 Å². The van der Waals surface area contributed by atoms with Crippen molar-refractivity contribution in [2.75, 3.05) is 4.90 Å². The number of nitrogens with zero attached hydrogens (tertiary/aromatic N) is 3. The number of benzene rings is 1. The van der Waals surface area contributed by atoms with Crippen LogP contribution in [0.1, 0.15) is 42.8 Å². The lowest BCUT2D eigenvalue weighted by Crippen LogP contribution is -2.36. The largest absolute Gasteiger partial charge is 0.310 e. The summed E-state index contributed by atoms with van der Waals surface area (Å²) in [5.74, 6) is 0.226. The van der Waals surface area contributed by atoms with Crippen molar-refractivity contribution >= 4 is 22.9 Å². The molecule has 0 atom stereocenters. The van der Waals surface area contributed by atoms with Crippen LogP contribution in [0.2, 0.25) is 0 Å². The standard InChI is InChI=1S/C22H23N3OS/c1-15(2)25-20-9-8-17(12-18(20)6-3-7-22(25)26)19-14-27-21(24-19)11-16-5-4-10-23-13-16/h4-5,8-10,12-15H,3,6-7,11H2,1-2H3. The normalized spacial score (nSPS) is 14.3. The van der Waals surface area contributed by atoms with E-state index in [1.165, 1.54) is 11.1 Å². The number of fused-ring (bicyclic) bond motifs is 1. The monoisotopic (exact) mass is 377 g/mol. The molecule has 27 heavy (non-hydrogen) atoms. The summed E-state index contributed by atoms with van der Waals surface area (Å²) in [6.45, 7) is 4.15. The number of hydrogen-bond acceptors (Lipinski definition) is 4. The maximum absolute atomic E-state index is 12.5. The first-order valence-electron chi connectivity index (χ1n) is 9.40. The lowest BCUT2D eigenvalue weighted by molar-refractivity contribution is -0.118. The van der Waals surface area contributed by atoms with E-state index >= 15 is 0 Å². The van der Waals surface area contributed by atoms with E-state index in [1.807, 2.05) is 17.2 Å². The van der Waals surface area contributed by atoms with E-state index in [4.69, 9.17) is 4.98 Å². The fraction of sp³-hybridized carbons (Fsp3) is 0.318. The Balaban J connectivity index is 1.62. The molecule has 0 radical (unpaired) electrons. The molecule has 0 aliphatic carbocycles. The third kappa shape index (κ3) is 3.78. The van der Waals surface area contributed by atoms with Crippen LogP contribution in [-0.4, -0.2) is 21.9 Å². The van der Waals surface area contributed by atoms with Crippen molar-refractivity contribution in [3.8, 4) is 11.3 Å². The first kappa shape index (κ1) is 17.9. The summed E-state index contributed by atoms with van der Waals surface area (Å²) in [5, 5.41) is 3.21. The molecule has 0 saturated carbocycles. The molecule has 1 amide bonds. The van der Waals surface area contributed by atoms with Gasteiger partial charge >= 0.3 is 0 Å². The molecule has 4 rings (SSSR count). The van der Waals surface area contributed by atoms with Gasteiger partial charge in [-0.1, -0.05) is 12.1 Å². The average molecular weight is 378 g/mol. The molecule has 1 aliphatic heterocycles. The van der Waals surface area contributed by atoms with Gasteiger partial charge in [-0.05, 0) is 56.0 Å². The van der Waals surface area contributed by atoms with Gasteiger partial charge in [-0.25, -0.2) is 4.98 Å². The molecule has 1 aliphatic rings. The second-order valence-corrected chi connectivity index (χ2v) is 8.16. The minimum Gasteiger partial charge on any atom is -0.310 e. The highest BCUT2D eigenvalue weighted by atomic mass is 32.1. The van der Waals surface area contributed by atoms with Crippen LogP contribution in [-0.2, 0) is 17.6 Å². The number of carbonyl (C=O) groups is 1. The topological polar surface area (TPSA) is 46.1 Å². The van der Waals surface area contributed by atoms with E-state index in [0.29, 0.717) is 6.42 Å². The molecule has 0 spiro atoms. The Hall–Kier alpha value is -2.53. The molecular formula is C22H23N3OS. The molecule has 0 N–H and O–H groups in total. The first-order valence-corrected chi connectivity index (χ1v) is 10.3. The Kier molecular flexibility index (Phi) is 5.03. The van der Waals surface area contributed by atoms with Crippen molar-refractivity contribution in [1.82, 2.24) is 9.97 Å². The summed E-state index contributed by atoms with van der Waals surface area (Å²) in [6, 6.07) is 10.6. The van der Waals surface area contributed by atoms with Crippen molar-refractivity contribution in [2.45, 2.75) is 45.6 Å². The molecule has 0 unspecified atom stereocenters. The van der Waals surface area contributed by atoms with Crippen LogP contribution in [0.3, 0.4) is 0 Å². The quantitative estimate of drug-likeness (QED) is 0.651. The number of rotatable bonds is 4. The summed E-state index contributed by atoms with van der Waals surface area (Å²) in [6.07, 6.45) is 6.94. The minimum absolute atomic E-state index is 0.172. The van der Waals surface area contributed by atoms with Gasteiger partial charge in [0.05, 0.1) is 10.7 Å². The number of anilines is 1. The summed E-state index contributed by atoms with van der Waals surface area (Å²) in [7, 11) is 0. The highest BCUT2D eigenvalue weighted by molar-refractivity contribution is 7.10. The minimum atomic E-state index is 0.172. The Labute approximate surface area is 163 Å². The smallest absolute Gasteiger partial charge is 0.227 e. The molecule has 0 saturated heterocycles. The van der Waals surface area contributed by atoms with E-state index in [2.05, 4.69) is 48.5 Å². The number of carbonyl (C=O) groups excluding carboxylic acids is 1. The maximum Gasteiger partial charge on any atom is 0.227 e. The Morgan fingerprint density at radius 3 is 2.89 bits per heavy atom. The van der Waals surface area contributed by atoms with Crippen LogP contribution in [0.15, 0.2) is 48.1 Å². The highest BCUT2D eigenvalue weighted by Gasteiger charge is 2.24. The lowest BCUT2D eigenvalue weighted by atomic mass is 10.0. The lowest BCUT2D eigenvalue weighted by Gasteiger charge is -2.27. The van der Waals surface area contributed by atoms with Crippen molar-refractivity contribution in [3.05, 3.63) is 64.2 Å². The SMILES string of the molecule is CC(C)N1C(=O)CCCc2cc(-c3csc(Cc4cccnc4)n3)ccc21. The van der Waals surface area contributed by atoms with Gasteiger partial charge in [0, 0.05) is 47.9 Å². The van der Waals surface area contributed by atoms with E-state index < -0.39 is 0 Å². The van der Waals surface area contributed by atoms with Crippen LogP contribution in [0.4, 0.5) is 5.69 Å². The Bertz CT molecular complexity index is 949. The van der Waals surface area contributed by atoms with Crippen LogP contribution < -0.4 is 4.90 Å². The van der Waals surface area contributed by atoms with Crippen LogP contribution in [0, 0.1) is 0 Å². The van der Waals surface area contributed by atoms with E-state index in [0.717, 1.165) is 41.2 Å². The number of hydrogen-bond donors (Lipinski definition) is 0. The van der Waals surface area contributed by atoms with Gasteiger partial charge in [-0.15, -0.1) is 11.3 Å². The second-order valence-electron chi connectivity index (χ2n) is 7.22. The van der Waals surface area contributed by atoms with Crippen molar-refractivity contribution in [1.29, 1.82) is 0 Å². The second kappa shape index (κ2) is 7.61. The van der Waals surface area contributed by atoms with Crippen molar-refractivity contribution < 1.29 is 4.79 Å².